The number of aromatic nitrogens is 2. The van der Waals surface area contributed by atoms with Crippen LogP contribution in [0.5, 0.6) is 11.5 Å². The Balaban J connectivity index is 1.44. The first-order valence-corrected chi connectivity index (χ1v) is 11.1. The molecule has 1 N–H and O–H groups in total. The average molecular weight is 444 g/mol. The first-order valence-electron chi connectivity index (χ1n) is 11.1. The highest BCUT2D eigenvalue weighted by atomic mass is 16.5. The number of amides is 1. The molecule has 33 heavy (non-hydrogen) atoms. The third kappa shape index (κ3) is 5.34. The number of carbonyl (C=O) groups is 1. The summed E-state index contributed by atoms with van der Waals surface area (Å²) in [4.78, 5) is 17.4. The van der Waals surface area contributed by atoms with Gasteiger partial charge in [0.25, 0.3) is 5.91 Å². The average Bonchev–Trinajstić information content (AvgIpc) is 3.19. The van der Waals surface area contributed by atoms with Gasteiger partial charge in [0.2, 0.25) is 0 Å². The number of aryl methyl sites for hydroxylation is 3. The molecule has 0 spiro atoms. The van der Waals surface area contributed by atoms with Gasteiger partial charge < -0.3 is 19.4 Å². The fourth-order valence-electron chi connectivity index (χ4n) is 3.80. The smallest absolute Gasteiger partial charge is 0.251 e. The Labute approximate surface area is 194 Å². The molecule has 0 saturated heterocycles. The van der Waals surface area contributed by atoms with Crippen molar-refractivity contribution in [3.8, 4) is 11.5 Å². The molecule has 1 aromatic heterocycles. The molecule has 3 aromatic carbocycles. The lowest BCUT2D eigenvalue weighted by molar-refractivity contribution is 0.0949. The number of imidazole rings is 1. The molecule has 0 unspecified atom stereocenters. The maximum Gasteiger partial charge on any atom is 0.251 e. The van der Waals surface area contributed by atoms with Gasteiger partial charge in [-0.2, -0.15) is 0 Å². The zero-order chi connectivity index (χ0) is 23.2. The number of ether oxygens (including phenoxy) is 2. The van der Waals surface area contributed by atoms with Crippen LogP contribution in [0.15, 0.2) is 66.7 Å². The second-order valence-electron chi connectivity index (χ2n) is 8.05. The molecule has 0 aliphatic carbocycles. The van der Waals surface area contributed by atoms with Crippen molar-refractivity contribution in [1.29, 1.82) is 0 Å². The summed E-state index contributed by atoms with van der Waals surface area (Å²) in [6, 6.07) is 21.4. The summed E-state index contributed by atoms with van der Waals surface area (Å²) in [5, 5.41) is 2.99. The highest BCUT2D eigenvalue weighted by molar-refractivity contribution is 5.94. The minimum atomic E-state index is -0.161. The van der Waals surface area contributed by atoms with Crippen LogP contribution in [0.4, 0.5) is 0 Å². The number of fused-ring (bicyclic) bond motifs is 1. The summed E-state index contributed by atoms with van der Waals surface area (Å²) in [6.45, 7) is 5.81. The normalized spacial score (nSPS) is 10.9. The van der Waals surface area contributed by atoms with Crippen LogP contribution in [0.25, 0.3) is 11.0 Å². The van der Waals surface area contributed by atoms with Gasteiger partial charge in [-0.15, -0.1) is 0 Å². The number of carbonyl (C=O) groups excluding carboxylic acids is 1. The van der Waals surface area contributed by atoms with Gasteiger partial charge in [-0.05, 0) is 67.8 Å². The molecule has 4 aromatic rings. The maximum atomic E-state index is 12.7. The first-order chi connectivity index (χ1) is 16.0. The van der Waals surface area contributed by atoms with Gasteiger partial charge in [0.1, 0.15) is 17.3 Å². The fraction of sp³-hybridized carbons (Fsp3) is 0.259. The van der Waals surface area contributed by atoms with E-state index < -0.39 is 0 Å². The van der Waals surface area contributed by atoms with E-state index in [1.807, 2.05) is 24.3 Å². The van der Waals surface area contributed by atoms with E-state index >= 15 is 0 Å². The van der Waals surface area contributed by atoms with E-state index in [0.29, 0.717) is 24.5 Å². The van der Waals surface area contributed by atoms with Gasteiger partial charge in [0.05, 0.1) is 31.3 Å². The highest BCUT2D eigenvalue weighted by Gasteiger charge is 2.13. The molecule has 0 atom stereocenters. The number of rotatable bonds is 9. The molecule has 0 saturated carbocycles. The van der Waals surface area contributed by atoms with Gasteiger partial charge in [-0.3, -0.25) is 4.79 Å². The Hall–Kier alpha value is -3.80. The SMILES string of the molecule is COc1cccc(C(=O)NCc2nc3ccccc3n2CCCOc2cc(C)ccc2C)c1. The number of hydrogen-bond acceptors (Lipinski definition) is 4. The number of hydrogen-bond donors (Lipinski definition) is 1. The first kappa shape index (κ1) is 22.4. The molecule has 0 radical (unpaired) electrons. The Morgan fingerprint density at radius 2 is 1.88 bits per heavy atom. The summed E-state index contributed by atoms with van der Waals surface area (Å²) in [5.74, 6) is 2.24. The number of methoxy groups -OCH3 is 1. The van der Waals surface area contributed by atoms with Crippen LogP contribution < -0.4 is 14.8 Å². The lowest BCUT2D eigenvalue weighted by Gasteiger charge is -2.13. The zero-order valence-electron chi connectivity index (χ0n) is 19.3. The Kier molecular flexibility index (Phi) is 6.93. The molecule has 6 nitrogen and oxygen atoms in total. The van der Waals surface area contributed by atoms with Crippen molar-refractivity contribution in [3.05, 3.63) is 89.2 Å². The van der Waals surface area contributed by atoms with Crippen molar-refractivity contribution in [2.45, 2.75) is 33.4 Å². The van der Waals surface area contributed by atoms with Gasteiger partial charge >= 0.3 is 0 Å². The molecular formula is C27H29N3O3. The Morgan fingerprint density at radius 3 is 2.73 bits per heavy atom. The molecule has 1 amide bonds. The van der Waals surface area contributed by atoms with Crippen molar-refractivity contribution in [3.63, 3.8) is 0 Å². The molecule has 4 rings (SSSR count). The van der Waals surface area contributed by atoms with E-state index in [0.717, 1.165) is 41.1 Å². The van der Waals surface area contributed by atoms with Crippen molar-refractivity contribution in [2.75, 3.05) is 13.7 Å². The predicted molar refractivity (Wildman–Crippen MR) is 130 cm³/mol. The number of para-hydroxylation sites is 2. The highest BCUT2D eigenvalue weighted by Crippen LogP contribution is 2.20. The van der Waals surface area contributed by atoms with Crippen molar-refractivity contribution < 1.29 is 14.3 Å². The third-order valence-electron chi connectivity index (χ3n) is 5.60. The van der Waals surface area contributed by atoms with Crippen LogP contribution in [0.1, 0.15) is 33.7 Å². The van der Waals surface area contributed by atoms with Gasteiger partial charge in [0.15, 0.2) is 0 Å². The fourth-order valence-corrected chi connectivity index (χ4v) is 3.80. The largest absolute Gasteiger partial charge is 0.497 e. The predicted octanol–water partition coefficient (Wildman–Crippen LogP) is 5.06. The Bertz CT molecular complexity index is 1260. The molecule has 0 fully saturated rings. The molecule has 0 bridgehead atoms. The zero-order valence-corrected chi connectivity index (χ0v) is 19.3. The topological polar surface area (TPSA) is 65.4 Å². The van der Waals surface area contributed by atoms with Crippen LogP contribution >= 0.6 is 0 Å². The molecule has 0 aliphatic rings. The molecule has 170 valence electrons. The van der Waals surface area contributed by atoms with Crippen LogP contribution in [-0.2, 0) is 13.1 Å². The lowest BCUT2D eigenvalue weighted by Crippen LogP contribution is -2.25. The van der Waals surface area contributed by atoms with Crippen LogP contribution in [0.3, 0.4) is 0 Å². The lowest BCUT2D eigenvalue weighted by atomic mass is 10.1. The summed E-state index contributed by atoms with van der Waals surface area (Å²) in [7, 11) is 1.59. The monoisotopic (exact) mass is 443 g/mol. The number of nitrogens with zero attached hydrogens (tertiary/aromatic N) is 2. The van der Waals surface area contributed by atoms with Crippen molar-refractivity contribution in [1.82, 2.24) is 14.9 Å². The minimum absolute atomic E-state index is 0.161. The molecule has 6 heteroatoms. The number of benzene rings is 3. The van der Waals surface area contributed by atoms with Crippen LogP contribution in [0.2, 0.25) is 0 Å². The second-order valence-corrected chi connectivity index (χ2v) is 8.05. The summed E-state index contributed by atoms with van der Waals surface area (Å²) in [5.41, 5.74) is 4.84. The standard InChI is InChI=1S/C27H29N3O3/c1-19-12-13-20(2)25(16-19)33-15-7-14-30-24-11-5-4-10-23(24)29-26(30)18-28-27(31)21-8-6-9-22(17-21)32-3/h4-6,8-13,16-17H,7,14-15,18H2,1-3H3,(H,28,31). The van der Waals surface area contributed by atoms with Gasteiger partial charge in [0, 0.05) is 12.1 Å². The van der Waals surface area contributed by atoms with Gasteiger partial charge in [-0.25, -0.2) is 4.98 Å². The molecule has 0 aliphatic heterocycles. The second kappa shape index (κ2) is 10.2. The quantitative estimate of drug-likeness (QED) is 0.367. The minimum Gasteiger partial charge on any atom is -0.497 e. The third-order valence-corrected chi connectivity index (χ3v) is 5.60. The van der Waals surface area contributed by atoms with E-state index in [4.69, 9.17) is 14.5 Å². The van der Waals surface area contributed by atoms with Crippen molar-refractivity contribution >= 4 is 16.9 Å². The summed E-state index contributed by atoms with van der Waals surface area (Å²) in [6.07, 6.45) is 0.824. The summed E-state index contributed by atoms with van der Waals surface area (Å²) >= 11 is 0. The Morgan fingerprint density at radius 1 is 1.03 bits per heavy atom. The molecule has 1 heterocycles. The van der Waals surface area contributed by atoms with Crippen LogP contribution in [0, 0.1) is 13.8 Å². The van der Waals surface area contributed by atoms with E-state index in [9.17, 15) is 4.79 Å². The van der Waals surface area contributed by atoms with Crippen molar-refractivity contribution in [2.24, 2.45) is 0 Å². The van der Waals surface area contributed by atoms with Crippen LogP contribution in [-0.4, -0.2) is 29.2 Å². The van der Waals surface area contributed by atoms with Gasteiger partial charge in [-0.1, -0.05) is 30.3 Å². The van der Waals surface area contributed by atoms with E-state index in [1.54, 1.807) is 25.3 Å². The van der Waals surface area contributed by atoms with E-state index in [2.05, 4.69) is 48.0 Å². The molecular weight excluding hydrogens is 414 g/mol. The van der Waals surface area contributed by atoms with E-state index in [1.165, 1.54) is 5.56 Å². The maximum absolute atomic E-state index is 12.7. The van der Waals surface area contributed by atoms with E-state index in [-0.39, 0.29) is 5.91 Å². The number of nitrogens with one attached hydrogen (secondary N) is 1. The summed E-state index contributed by atoms with van der Waals surface area (Å²) < 4.78 is 13.4.